The first-order valence-electron chi connectivity index (χ1n) is 17.9. The highest BCUT2D eigenvalue weighted by Crippen LogP contribution is 2.37. The van der Waals surface area contributed by atoms with Gasteiger partial charge in [-0.2, -0.15) is 0 Å². The standard InChI is InChI=1S/C37H54N6O3/c1-6-31-37(45)42(7-2)32-23-38-35(39-36(32)43(31)25(3)4)22-29-13-12-28(21-34(29)46-5)33(44)20-26-10-14-30(15-11-26)41-18-16-40(17-19-41)24-27-8-9-27/h12-13,21,23,25-27,30-31H,6-11,14-20,22,24H2,1-5H3/t26?,30?,31-/m1/s1. The predicted octanol–water partition coefficient (Wildman–Crippen LogP) is 5.60. The Bertz CT molecular complexity index is 1380. The zero-order chi connectivity index (χ0) is 32.4. The van der Waals surface area contributed by atoms with Crippen molar-refractivity contribution in [2.45, 2.75) is 104 Å². The van der Waals surface area contributed by atoms with E-state index in [2.05, 4.69) is 40.5 Å². The SMILES string of the molecule is CC[C@@H]1C(=O)N(CC)c2cnc(Cc3ccc(C(=O)CC4CCC(N5CCN(CC6CC6)CC5)CC4)cc3OC)nc2N1C(C)C. The van der Waals surface area contributed by atoms with E-state index in [1.807, 2.05) is 25.1 Å². The molecule has 1 saturated heterocycles. The average molecular weight is 631 g/mol. The monoisotopic (exact) mass is 630 g/mol. The van der Waals surface area contributed by atoms with Crippen LogP contribution in [0.4, 0.5) is 11.5 Å². The molecule has 1 aromatic carbocycles. The Balaban J connectivity index is 1.07. The predicted molar refractivity (Wildman–Crippen MR) is 183 cm³/mol. The molecule has 0 N–H and O–H groups in total. The number of amides is 1. The molecule has 9 heteroatoms. The summed E-state index contributed by atoms with van der Waals surface area (Å²) in [5.74, 6) is 3.91. The molecule has 2 saturated carbocycles. The molecule has 3 heterocycles. The maximum absolute atomic E-state index is 13.4. The lowest BCUT2D eigenvalue weighted by molar-refractivity contribution is -0.120. The zero-order valence-electron chi connectivity index (χ0n) is 28.7. The molecule has 0 unspecified atom stereocenters. The van der Waals surface area contributed by atoms with Gasteiger partial charge in [0, 0.05) is 75.3 Å². The van der Waals surface area contributed by atoms with Crippen molar-refractivity contribution in [2.24, 2.45) is 11.8 Å². The molecule has 1 atom stereocenters. The van der Waals surface area contributed by atoms with E-state index in [4.69, 9.17) is 9.72 Å². The van der Waals surface area contributed by atoms with Crippen LogP contribution in [0.1, 0.15) is 101 Å². The van der Waals surface area contributed by atoms with Crippen LogP contribution in [0, 0.1) is 11.8 Å². The molecule has 0 spiro atoms. The molecular formula is C37H54N6O3. The van der Waals surface area contributed by atoms with Crippen LogP contribution in [0.25, 0.3) is 0 Å². The number of nitrogens with zero attached hydrogens (tertiary/aromatic N) is 6. The third-order valence-electron chi connectivity index (χ3n) is 10.9. The molecule has 4 aliphatic rings. The van der Waals surface area contributed by atoms with Gasteiger partial charge in [-0.3, -0.25) is 14.5 Å². The molecule has 0 radical (unpaired) electrons. The number of methoxy groups -OCH3 is 1. The van der Waals surface area contributed by atoms with E-state index < -0.39 is 0 Å². The summed E-state index contributed by atoms with van der Waals surface area (Å²) >= 11 is 0. The van der Waals surface area contributed by atoms with Crippen LogP contribution in [0.15, 0.2) is 24.4 Å². The average Bonchev–Trinajstić information content (AvgIpc) is 3.89. The van der Waals surface area contributed by atoms with Crippen LogP contribution in [-0.2, 0) is 11.2 Å². The summed E-state index contributed by atoms with van der Waals surface area (Å²) in [4.78, 5) is 45.7. The number of piperazine rings is 1. The fourth-order valence-corrected chi connectivity index (χ4v) is 8.04. The van der Waals surface area contributed by atoms with Crippen molar-refractivity contribution in [3.63, 3.8) is 0 Å². The van der Waals surface area contributed by atoms with Gasteiger partial charge >= 0.3 is 0 Å². The van der Waals surface area contributed by atoms with Gasteiger partial charge in [-0.05, 0) is 83.6 Å². The van der Waals surface area contributed by atoms with Crippen LogP contribution in [0.3, 0.4) is 0 Å². The van der Waals surface area contributed by atoms with Crippen LogP contribution < -0.4 is 14.5 Å². The Morgan fingerprint density at radius 3 is 2.35 bits per heavy atom. The number of ether oxygens (including phenoxy) is 1. The minimum absolute atomic E-state index is 0.106. The molecule has 1 aromatic heterocycles. The van der Waals surface area contributed by atoms with Crippen LogP contribution in [0.5, 0.6) is 5.75 Å². The summed E-state index contributed by atoms with van der Waals surface area (Å²) in [6.07, 6.45) is 11.1. The number of hydrogen-bond acceptors (Lipinski definition) is 8. The third-order valence-corrected chi connectivity index (χ3v) is 10.9. The number of Topliss-reactive ketones (excluding diaryl/α,β-unsaturated/α-hetero) is 1. The van der Waals surface area contributed by atoms with E-state index in [1.165, 1.54) is 58.4 Å². The van der Waals surface area contributed by atoms with Crippen molar-refractivity contribution >= 4 is 23.2 Å². The lowest BCUT2D eigenvalue weighted by atomic mass is 9.81. The third kappa shape index (κ3) is 7.10. The van der Waals surface area contributed by atoms with E-state index in [9.17, 15) is 9.59 Å². The second-order valence-corrected chi connectivity index (χ2v) is 14.3. The fourth-order valence-electron chi connectivity index (χ4n) is 8.04. The first kappa shape index (κ1) is 32.9. The molecule has 2 aliphatic heterocycles. The van der Waals surface area contributed by atoms with E-state index in [-0.39, 0.29) is 23.8 Å². The molecule has 3 fully saturated rings. The Labute approximate surface area is 275 Å². The zero-order valence-corrected chi connectivity index (χ0v) is 28.7. The lowest BCUT2D eigenvalue weighted by Gasteiger charge is -2.43. The first-order chi connectivity index (χ1) is 22.3. The van der Waals surface area contributed by atoms with Gasteiger partial charge in [-0.25, -0.2) is 9.97 Å². The lowest BCUT2D eigenvalue weighted by Crippen LogP contribution is -2.56. The molecule has 2 aliphatic carbocycles. The number of hydrogen-bond donors (Lipinski definition) is 0. The summed E-state index contributed by atoms with van der Waals surface area (Å²) < 4.78 is 5.79. The van der Waals surface area contributed by atoms with Crippen LogP contribution >= 0.6 is 0 Å². The Morgan fingerprint density at radius 2 is 1.72 bits per heavy atom. The summed E-state index contributed by atoms with van der Waals surface area (Å²) in [7, 11) is 1.66. The number of ketones is 1. The summed E-state index contributed by atoms with van der Waals surface area (Å²) in [5.41, 5.74) is 2.43. The van der Waals surface area contributed by atoms with E-state index in [1.54, 1.807) is 18.2 Å². The topological polar surface area (TPSA) is 82.1 Å². The maximum Gasteiger partial charge on any atom is 0.249 e. The van der Waals surface area contributed by atoms with Gasteiger partial charge in [0.1, 0.15) is 23.3 Å². The number of carbonyl (C=O) groups excluding carboxylic acids is 2. The quantitative estimate of drug-likeness (QED) is 0.281. The van der Waals surface area contributed by atoms with Gasteiger partial charge in [0.25, 0.3) is 0 Å². The molecule has 250 valence electrons. The van der Waals surface area contributed by atoms with Gasteiger partial charge in [0.05, 0.1) is 13.3 Å². The van der Waals surface area contributed by atoms with Crippen molar-refractivity contribution in [1.82, 2.24) is 19.8 Å². The summed E-state index contributed by atoms with van der Waals surface area (Å²) in [6.45, 7) is 15.0. The number of aromatic nitrogens is 2. The van der Waals surface area contributed by atoms with Gasteiger partial charge in [0.15, 0.2) is 11.6 Å². The Kier molecular flexibility index (Phi) is 10.3. The van der Waals surface area contributed by atoms with E-state index >= 15 is 0 Å². The van der Waals surface area contributed by atoms with Crippen molar-refractivity contribution < 1.29 is 14.3 Å². The van der Waals surface area contributed by atoms with Gasteiger partial charge in [-0.15, -0.1) is 0 Å². The molecule has 46 heavy (non-hydrogen) atoms. The molecular weight excluding hydrogens is 576 g/mol. The number of carbonyl (C=O) groups is 2. The molecule has 9 nitrogen and oxygen atoms in total. The first-order valence-corrected chi connectivity index (χ1v) is 17.9. The second-order valence-electron chi connectivity index (χ2n) is 14.3. The van der Waals surface area contributed by atoms with Gasteiger partial charge < -0.3 is 19.4 Å². The molecule has 0 bridgehead atoms. The molecule has 2 aromatic rings. The largest absolute Gasteiger partial charge is 0.496 e. The summed E-state index contributed by atoms with van der Waals surface area (Å²) in [6, 6.07) is 6.40. The fraction of sp³-hybridized carbons (Fsp3) is 0.676. The normalized spacial score (nSPS) is 24.4. The Morgan fingerprint density at radius 1 is 1.00 bits per heavy atom. The summed E-state index contributed by atoms with van der Waals surface area (Å²) in [5, 5.41) is 0. The van der Waals surface area contributed by atoms with Crippen LogP contribution in [-0.4, -0.2) is 96.0 Å². The van der Waals surface area contributed by atoms with Crippen LogP contribution in [0.2, 0.25) is 0 Å². The molecule has 1 amide bonds. The van der Waals surface area contributed by atoms with Crippen molar-refractivity contribution in [2.75, 3.05) is 56.2 Å². The number of likely N-dealkylation sites (N-methyl/N-ethyl adjacent to an activating group) is 1. The minimum Gasteiger partial charge on any atom is -0.496 e. The van der Waals surface area contributed by atoms with Crippen molar-refractivity contribution in [3.05, 3.63) is 41.3 Å². The number of rotatable bonds is 12. The Hall–Kier alpha value is -3.04. The minimum atomic E-state index is -0.239. The van der Waals surface area contributed by atoms with E-state index in [0.717, 1.165) is 41.4 Å². The smallest absolute Gasteiger partial charge is 0.249 e. The van der Waals surface area contributed by atoms with Crippen molar-refractivity contribution in [3.8, 4) is 5.75 Å². The number of anilines is 2. The number of benzene rings is 1. The maximum atomic E-state index is 13.4. The highest BCUT2D eigenvalue weighted by molar-refractivity contribution is 6.04. The van der Waals surface area contributed by atoms with Gasteiger partial charge in [0.2, 0.25) is 5.91 Å². The molecule has 6 rings (SSSR count). The highest BCUT2D eigenvalue weighted by Gasteiger charge is 2.39. The number of fused-ring (bicyclic) bond motifs is 1. The van der Waals surface area contributed by atoms with Crippen molar-refractivity contribution in [1.29, 1.82) is 0 Å². The van der Waals surface area contributed by atoms with E-state index in [0.29, 0.717) is 49.3 Å². The highest BCUT2D eigenvalue weighted by atomic mass is 16.5. The van der Waals surface area contributed by atoms with Gasteiger partial charge in [-0.1, -0.05) is 19.1 Å². The second kappa shape index (κ2) is 14.4.